The van der Waals surface area contributed by atoms with Crippen molar-refractivity contribution in [2.45, 2.75) is 6.42 Å². The molecule has 0 saturated carbocycles. The average molecular weight is 400 g/mol. The van der Waals surface area contributed by atoms with Gasteiger partial charge < -0.3 is 5.11 Å². The molecule has 3 aromatic rings. The molecule has 25 heavy (non-hydrogen) atoms. The maximum absolute atomic E-state index is 12.2. The summed E-state index contributed by atoms with van der Waals surface area (Å²) in [6, 6.07) is 15.9. The Morgan fingerprint density at radius 2 is 1.96 bits per heavy atom. The van der Waals surface area contributed by atoms with Gasteiger partial charge in [0.1, 0.15) is 5.69 Å². The molecule has 126 valence electrons. The Morgan fingerprint density at radius 1 is 1.16 bits per heavy atom. The van der Waals surface area contributed by atoms with Crippen LogP contribution in [0.5, 0.6) is 0 Å². The lowest BCUT2D eigenvalue weighted by Gasteiger charge is -2.09. The van der Waals surface area contributed by atoms with E-state index in [2.05, 4.69) is 26.3 Å². The summed E-state index contributed by atoms with van der Waals surface area (Å²) in [7, 11) is 0. The van der Waals surface area contributed by atoms with Gasteiger partial charge in [0.25, 0.3) is 0 Å². The molecule has 7 heteroatoms. The zero-order chi connectivity index (χ0) is 17.8. The van der Waals surface area contributed by atoms with Gasteiger partial charge >= 0.3 is 6.09 Å². The van der Waals surface area contributed by atoms with Gasteiger partial charge in [-0.1, -0.05) is 24.3 Å². The molecule has 0 aliphatic carbocycles. The Balaban J connectivity index is 1.93. The second-order valence-electron chi connectivity index (χ2n) is 5.33. The Hall–Kier alpha value is -2.93. The molecule has 3 rings (SSSR count). The fourth-order valence-electron chi connectivity index (χ4n) is 2.42. The van der Waals surface area contributed by atoms with Crippen molar-refractivity contribution in [1.29, 1.82) is 0 Å². The number of hydrogen-bond acceptors (Lipinski definition) is 3. The average Bonchev–Trinajstić information content (AvgIpc) is 2.57. The van der Waals surface area contributed by atoms with Crippen molar-refractivity contribution in [2.75, 3.05) is 5.32 Å². The van der Waals surface area contributed by atoms with Gasteiger partial charge in [-0.2, -0.15) is 5.10 Å². The number of benzene rings is 2. The van der Waals surface area contributed by atoms with Crippen molar-refractivity contribution < 1.29 is 9.90 Å². The molecule has 2 aromatic carbocycles. The lowest BCUT2D eigenvalue weighted by atomic mass is 10.1. The fraction of sp³-hybridized carbons (Fsp3) is 0.0556. The standard InChI is InChI=1S/C18H14BrN3O3/c19-14-6-1-2-7-16(14)22-9-8-17(23)15(21-22)11-12-4-3-5-13(10-12)20-18(24)25/h1-10,20H,11H2,(H,24,25). The third-order valence-electron chi connectivity index (χ3n) is 3.53. The van der Waals surface area contributed by atoms with Crippen LogP contribution < -0.4 is 10.7 Å². The molecule has 0 saturated heterocycles. The molecule has 1 aromatic heterocycles. The summed E-state index contributed by atoms with van der Waals surface area (Å²) in [5, 5.41) is 15.5. The van der Waals surface area contributed by atoms with Gasteiger partial charge in [-0.05, 0) is 45.8 Å². The number of carbonyl (C=O) groups is 1. The van der Waals surface area contributed by atoms with Crippen LogP contribution in [-0.4, -0.2) is 21.0 Å². The smallest absolute Gasteiger partial charge is 0.409 e. The fourth-order valence-corrected chi connectivity index (χ4v) is 2.88. The summed E-state index contributed by atoms with van der Waals surface area (Å²) in [5.41, 5.74) is 2.28. The molecule has 1 amide bonds. The first kappa shape index (κ1) is 16.9. The highest BCUT2D eigenvalue weighted by atomic mass is 79.9. The first-order valence-corrected chi connectivity index (χ1v) is 8.25. The molecule has 0 bridgehead atoms. The van der Waals surface area contributed by atoms with E-state index in [0.717, 1.165) is 15.7 Å². The minimum Gasteiger partial charge on any atom is -0.465 e. The summed E-state index contributed by atoms with van der Waals surface area (Å²) >= 11 is 3.47. The van der Waals surface area contributed by atoms with Crippen LogP contribution in [0.2, 0.25) is 0 Å². The largest absolute Gasteiger partial charge is 0.465 e. The zero-order valence-corrected chi connectivity index (χ0v) is 14.6. The van der Waals surface area contributed by atoms with Crippen LogP contribution in [0.4, 0.5) is 10.5 Å². The van der Waals surface area contributed by atoms with Crippen LogP contribution in [-0.2, 0) is 6.42 Å². The molecule has 0 fully saturated rings. The summed E-state index contributed by atoms with van der Waals surface area (Å²) in [6.07, 6.45) is 0.791. The van der Waals surface area contributed by atoms with Crippen LogP contribution in [0.25, 0.3) is 5.69 Å². The van der Waals surface area contributed by atoms with E-state index in [4.69, 9.17) is 5.11 Å². The molecular formula is C18H14BrN3O3. The highest BCUT2D eigenvalue weighted by Crippen LogP contribution is 2.19. The van der Waals surface area contributed by atoms with Crippen LogP contribution >= 0.6 is 15.9 Å². The first-order valence-electron chi connectivity index (χ1n) is 7.45. The van der Waals surface area contributed by atoms with Crippen molar-refractivity contribution >= 4 is 27.7 Å². The summed E-state index contributed by atoms with van der Waals surface area (Å²) in [5.74, 6) is 0. The van der Waals surface area contributed by atoms with Crippen molar-refractivity contribution in [1.82, 2.24) is 9.78 Å². The van der Waals surface area contributed by atoms with Crippen LogP contribution in [0.3, 0.4) is 0 Å². The summed E-state index contributed by atoms with van der Waals surface area (Å²) in [6.45, 7) is 0. The molecule has 0 spiro atoms. The summed E-state index contributed by atoms with van der Waals surface area (Å²) < 4.78 is 2.50. The number of aromatic nitrogens is 2. The third kappa shape index (κ3) is 4.13. The molecule has 0 radical (unpaired) electrons. The van der Waals surface area contributed by atoms with E-state index in [0.29, 0.717) is 17.8 Å². The Labute approximate surface area is 151 Å². The van der Waals surface area contributed by atoms with Gasteiger partial charge in [0.05, 0.1) is 5.69 Å². The van der Waals surface area contributed by atoms with Gasteiger partial charge in [0, 0.05) is 28.8 Å². The molecule has 2 N–H and O–H groups in total. The molecule has 1 heterocycles. The number of nitrogens with zero attached hydrogens (tertiary/aromatic N) is 2. The molecule has 0 unspecified atom stereocenters. The number of amides is 1. The number of para-hydroxylation sites is 1. The second-order valence-corrected chi connectivity index (χ2v) is 6.18. The predicted octanol–water partition coefficient (Wildman–Crippen LogP) is 3.68. The highest BCUT2D eigenvalue weighted by molar-refractivity contribution is 9.10. The SMILES string of the molecule is O=C(O)Nc1cccc(Cc2nn(-c3ccccc3Br)ccc2=O)c1. The second kappa shape index (κ2) is 7.31. The van der Waals surface area contributed by atoms with Crippen molar-refractivity contribution in [3.63, 3.8) is 0 Å². The van der Waals surface area contributed by atoms with E-state index in [9.17, 15) is 9.59 Å². The third-order valence-corrected chi connectivity index (χ3v) is 4.20. The number of carboxylic acid groups (broad SMARTS) is 1. The molecule has 0 aliphatic heterocycles. The Bertz CT molecular complexity index is 985. The number of nitrogens with one attached hydrogen (secondary N) is 1. The van der Waals surface area contributed by atoms with E-state index in [1.807, 2.05) is 30.3 Å². The predicted molar refractivity (Wildman–Crippen MR) is 98.4 cm³/mol. The quantitative estimate of drug-likeness (QED) is 0.700. The van der Waals surface area contributed by atoms with Gasteiger partial charge in [-0.25, -0.2) is 9.48 Å². The lowest BCUT2D eigenvalue weighted by Crippen LogP contribution is -2.16. The number of halogens is 1. The van der Waals surface area contributed by atoms with E-state index in [1.54, 1.807) is 29.1 Å². The van der Waals surface area contributed by atoms with E-state index >= 15 is 0 Å². The summed E-state index contributed by atoms with van der Waals surface area (Å²) in [4.78, 5) is 22.9. The van der Waals surface area contributed by atoms with Gasteiger partial charge in [-0.3, -0.25) is 10.1 Å². The van der Waals surface area contributed by atoms with Gasteiger partial charge in [-0.15, -0.1) is 0 Å². The minimum atomic E-state index is -1.13. The Kier molecular flexibility index (Phi) is 4.95. The highest BCUT2D eigenvalue weighted by Gasteiger charge is 2.08. The van der Waals surface area contributed by atoms with Crippen molar-refractivity contribution in [3.8, 4) is 5.69 Å². The van der Waals surface area contributed by atoms with E-state index < -0.39 is 6.09 Å². The Morgan fingerprint density at radius 3 is 2.72 bits per heavy atom. The van der Waals surface area contributed by atoms with Crippen LogP contribution in [0.15, 0.2) is 70.1 Å². The molecular weight excluding hydrogens is 386 g/mol. The molecule has 0 aliphatic rings. The number of hydrogen-bond donors (Lipinski definition) is 2. The monoisotopic (exact) mass is 399 g/mol. The van der Waals surface area contributed by atoms with E-state index in [1.165, 1.54) is 6.07 Å². The van der Waals surface area contributed by atoms with Crippen molar-refractivity contribution in [3.05, 3.63) is 86.7 Å². The maximum Gasteiger partial charge on any atom is 0.409 e. The zero-order valence-electron chi connectivity index (χ0n) is 13.0. The number of anilines is 1. The molecule has 6 nitrogen and oxygen atoms in total. The first-order chi connectivity index (χ1) is 12.0. The topological polar surface area (TPSA) is 84.2 Å². The van der Waals surface area contributed by atoms with E-state index in [-0.39, 0.29) is 5.43 Å². The maximum atomic E-state index is 12.2. The van der Waals surface area contributed by atoms with Crippen molar-refractivity contribution in [2.24, 2.45) is 0 Å². The number of rotatable bonds is 4. The lowest BCUT2D eigenvalue weighted by molar-refractivity contribution is 0.210. The molecule has 0 atom stereocenters. The normalized spacial score (nSPS) is 10.4. The minimum absolute atomic E-state index is 0.167. The van der Waals surface area contributed by atoms with Crippen LogP contribution in [0.1, 0.15) is 11.3 Å². The van der Waals surface area contributed by atoms with Gasteiger partial charge in [0.2, 0.25) is 5.43 Å². The van der Waals surface area contributed by atoms with Crippen LogP contribution in [0, 0.1) is 0 Å². The van der Waals surface area contributed by atoms with Gasteiger partial charge in [0.15, 0.2) is 0 Å².